The van der Waals surface area contributed by atoms with E-state index in [4.69, 9.17) is 9.84 Å². The van der Waals surface area contributed by atoms with Crippen molar-refractivity contribution in [2.75, 3.05) is 18.5 Å². The van der Waals surface area contributed by atoms with Crippen molar-refractivity contribution >= 4 is 11.5 Å². The van der Waals surface area contributed by atoms with E-state index in [0.29, 0.717) is 19.2 Å². The van der Waals surface area contributed by atoms with Crippen molar-refractivity contribution in [3.05, 3.63) is 23.5 Å². The van der Waals surface area contributed by atoms with Gasteiger partial charge < -0.3 is 15.2 Å². The monoisotopic (exact) mass is 330 g/mol. The van der Waals surface area contributed by atoms with Crippen LogP contribution in [0, 0.1) is 6.92 Å². The molecule has 1 saturated carbocycles. The summed E-state index contributed by atoms with van der Waals surface area (Å²) in [7, 11) is 0. The molecule has 2 N–H and O–H groups in total. The van der Waals surface area contributed by atoms with Crippen LogP contribution in [0.2, 0.25) is 0 Å². The number of hydrogen-bond donors (Lipinski definition) is 2. The Morgan fingerprint density at radius 3 is 2.96 bits per heavy atom. The van der Waals surface area contributed by atoms with Gasteiger partial charge in [0.2, 0.25) is 5.95 Å². The van der Waals surface area contributed by atoms with Crippen LogP contribution in [0.1, 0.15) is 50.3 Å². The maximum Gasteiger partial charge on any atom is 0.241 e. The Bertz CT molecular complexity index is 732. The highest BCUT2D eigenvalue weighted by Crippen LogP contribution is 2.47. The highest BCUT2D eigenvalue weighted by molar-refractivity contribution is 5.57. The molecular formula is C18H26N4O2. The van der Waals surface area contributed by atoms with Gasteiger partial charge in [-0.2, -0.15) is 0 Å². The van der Waals surface area contributed by atoms with Crippen molar-refractivity contribution in [3.63, 3.8) is 0 Å². The molecule has 0 bridgehead atoms. The highest BCUT2D eigenvalue weighted by atomic mass is 16.5. The molecule has 0 aromatic carbocycles. The van der Waals surface area contributed by atoms with Crippen molar-refractivity contribution < 1.29 is 9.84 Å². The molecule has 0 amide bonds. The largest absolute Gasteiger partial charge is 0.389 e. The van der Waals surface area contributed by atoms with E-state index in [2.05, 4.69) is 34.7 Å². The Kier molecular flexibility index (Phi) is 3.96. The third-order valence-corrected chi connectivity index (χ3v) is 5.89. The predicted molar refractivity (Wildman–Crippen MR) is 92.4 cm³/mol. The number of rotatable bonds is 4. The fourth-order valence-corrected chi connectivity index (χ4v) is 4.04. The van der Waals surface area contributed by atoms with Crippen LogP contribution in [0.3, 0.4) is 0 Å². The van der Waals surface area contributed by atoms with Gasteiger partial charge in [0.25, 0.3) is 0 Å². The summed E-state index contributed by atoms with van der Waals surface area (Å²) in [5, 5.41) is 18.1. The third-order valence-electron chi connectivity index (χ3n) is 5.89. The van der Waals surface area contributed by atoms with Crippen LogP contribution in [-0.4, -0.2) is 45.1 Å². The quantitative estimate of drug-likeness (QED) is 0.901. The molecule has 0 spiro atoms. The molecule has 130 valence electrons. The number of nitrogens with one attached hydrogen (secondary N) is 1. The average Bonchev–Trinajstić information content (AvgIpc) is 2.86. The fourth-order valence-electron chi connectivity index (χ4n) is 4.04. The summed E-state index contributed by atoms with van der Waals surface area (Å²) in [4.78, 5) is 4.47. The zero-order chi connectivity index (χ0) is 16.7. The van der Waals surface area contributed by atoms with E-state index >= 15 is 0 Å². The number of aryl methyl sites for hydroxylation is 1. The van der Waals surface area contributed by atoms with Crippen molar-refractivity contribution in [3.8, 4) is 0 Å². The van der Waals surface area contributed by atoms with E-state index in [1.165, 1.54) is 30.5 Å². The summed E-state index contributed by atoms with van der Waals surface area (Å²) < 4.78 is 7.36. The summed E-state index contributed by atoms with van der Waals surface area (Å²) in [5.41, 5.74) is 3.87. The lowest BCUT2D eigenvalue weighted by atomic mass is 9.65. The van der Waals surface area contributed by atoms with Gasteiger partial charge >= 0.3 is 0 Å². The molecule has 1 aliphatic carbocycles. The molecule has 3 heterocycles. The van der Waals surface area contributed by atoms with Crippen LogP contribution in [0.4, 0.5) is 5.95 Å². The van der Waals surface area contributed by atoms with E-state index in [1.54, 1.807) is 0 Å². The molecule has 1 aliphatic heterocycles. The molecule has 2 aromatic rings. The zero-order valence-corrected chi connectivity index (χ0v) is 14.5. The molecule has 4 rings (SSSR count). The van der Waals surface area contributed by atoms with Gasteiger partial charge in [-0.15, -0.1) is 5.10 Å². The van der Waals surface area contributed by atoms with Crippen molar-refractivity contribution in [2.24, 2.45) is 0 Å². The Balaban J connectivity index is 1.69. The summed E-state index contributed by atoms with van der Waals surface area (Å²) in [6.45, 7) is 5.42. The topological polar surface area (TPSA) is 71.7 Å². The number of fused-ring (bicyclic) bond motifs is 1. The summed E-state index contributed by atoms with van der Waals surface area (Å²) in [5.74, 6) is 0.580. The number of aliphatic hydroxyl groups is 1. The van der Waals surface area contributed by atoms with E-state index in [1.807, 2.05) is 6.20 Å². The predicted octanol–water partition coefficient (Wildman–Crippen LogP) is 2.43. The SMILES string of the molecule is CCC1(c2cc(C)c3cnc(N[C@@H]4CCOC[C@H]4O)nn23)CCC1. The Morgan fingerprint density at radius 2 is 2.29 bits per heavy atom. The van der Waals surface area contributed by atoms with Gasteiger partial charge in [-0.3, -0.25) is 0 Å². The normalized spacial score (nSPS) is 26.3. The van der Waals surface area contributed by atoms with Gasteiger partial charge in [-0.25, -0.2) is 9.50 Å². The third kappa shape index (κ3) is 2.48. The number of nitrogens with zero attached hydrogens (tertiary/aromatic N) is 3. The van der Waals surface area contributed by atoms with Gasteiger partial charge in [0.15, 0.2) is 0 Å². The van der Waals surface area contributed by atoms with Crippen LogP contribution in [0.5, 0.6) is 0 Å². The second-order valence-electron chi connectivity index (χ2n) is 7.26. The van der Waals surface area contributed by atoms with Crippen LogP contribution in [0.15, 0.2) is 12.3 Å². The maximum atomic E-state index is 10.1. The molecule has 2 fully saturated rings. The Labute approximate surface area is 142 Å². The van der Waals surface area contributed by atoms with Crippen molar-refractivity contribution in [2.45, 2.75) is 63.5 Å². The van der Waals surface area contributed by atoms with E-state index < -0.39 is 6.10 Å². The fraction of sp³-hybridized carbons (Fsp3) is 0.667. The molecular weight excluding hydrogens is 304 g/mol. The summed E-state index contributed by atoms with van der Waals surface area (Å²) in [6.07, 6.45) is 7.05. The molecule has 24 heavy (non-hydrogen) atoms. The van der Waals surface area contributed by atoms with Crippen molar-refractivity contribution in [1.29, 1.82) is 0 Å². The minimum Gasteiger partial charge on any atom is -0.389 e. The number of aliphatic hydroxyl groups excluding tert-OH is 1. The molecule has 6 nitrogen and oxygen atoms in total. The van der Waals surface area contributed by atoms with Gasteiger partial charge in [-0.1, -0.05) is 13.3 Å². The van der Waals surface area contributed by atoms with E-state index in [-0.39, 0.29) is 11.5 Å². The minimum absolute atomic E-state index is 0.0554. The summed E-state index contributed by atoms with van der Waals surface area (Å²) in [6, 6.07) is 2.22. The maximum absolute atomic E-state index is 10.1. The molecule has 0 radical (unpaired) electrons. The second kappa shape index (κ2) is 6.01. The first-order valence-corrected chi connectivity index (χ1v) is 9.01. The lowest BCUT2D eigenvalue weighted by molar-refractivity contribution is -0.0136. The molecule has 1 saturated heterocycles. The number of aromatic nitrogens is 3. The average molecular weight is 330 g/mol. The Hall–Kier alpha value is -1.66. The van der Waals surface area contributed by atoms with Crippen LogP contribution < -0.4 is 5.32 Å². The second-order valence-corrected chi connectivity index (χ2v) is 7.26. The van der Waals surface area contributed by atoms with Crippen molar-refractivity contribution in [1.82, 2.24) is 14.6 Å². The van der Waals surface area contributed by atoms with Gasteiger partial charge in [0, 0.05) is 17.7 Å². The number of anilines is 1. The smallest absolute Gasteiger partial charge is 0.241 e. The molecule has 6 heteroatoms. The number of ether oxygens (including phenoxy) is 1. The first-order chi connectivity index (χ1) is 11.6. The van der Waals surface area contributed by atoms with Crippen LogP contribution in [0.25, 0.3) is 5.52 Å². The molecule has 0 unspecified atom stereocenters. The highest BCUT2D eigenvalue weighted by Gasteiger charge is 2.39. The van der Waals surface area contributed by atoms with Gasteiger partial charge in [0.05, 0.1) is 30.5 Å². The minimum atomic E-state index is -0.516. The van der Waals surface area contributed by atoms with E-state index in [9.17, 15) is 5.11 Å². The lowest BCUT2D eigenvalue weighted by Crippen LogP contribution is -2.42. The standard InChI is InChI=1S/C18H26N4O2/c1-3-18(6-4-7-18)16-9-12(2)14-10-19-17(21-22(14)16)20-13-5-8-24-11-15(13)23/h9-10,13,15,23H,3-8,11H2,1-2H3,(H,20,21)/t13-,15-/m1/s1. The zero-order valence-electron chi connectivity index (χ0n) is 14.5. The molecule has 2 aromatic heterocycles. The molecule has 2 atom stereocenters. The van der Waals surface area contributed by atoms with Gasteiger partial charge in [0.1, 0.15) is 0 Å². The summed E-state index contributed by atoms with van der Waals surface area (Å²) >= 11 is 0. The van der Waals surface area contributed by atoms with Gasteiger partial charge in [-0.05, 0) is 44.2 Å². The lowest BCUT2D eigenvalue weighted by Gasteiger charge is -2.41. The Morgan fingerprint density at radius 1 is 1.46 bits per heavy atom. The van der Waals surface area contributed by atoms with E-state index in [0.717, 1.165) is 18.4 Å². The first kappa shape index (κ1) is 15.8. The van der Waals surface area contributed by atoms with Crippen LogP contribution >= 0.6 is 0 Å². The number of hydrogen-bond acceptors (Lipinski definition) is 5. The van der Waals surface area contributed by atoms with Crippen LogP contribution in [-0.2, 0) is 10.2 Å². The first-order valence-electron chi connectivity index (χ1n) is 9.01. The molecule has 2 aliphatic rings.